The Labute approximate surface area is 129 Å². The number of phenolic OH excluding ortho intramolecular Hbond substituents is 1. The number of halogens is 1. The van der Waals surface area contributed by atoms with E-state index >= 15 is 0 Å². The topological polar surface area (TPSA) is 79.0 Å². The normalized spacial score (nSPS) is 10.8. The number of anilines is 1. The lowest BCUT2D eigenvalue weighted by Gasteiger charge is -2.12. The molecule has 6 nitrogen and oxygen atoms in total. The second-order valence-electron chi connectivity index (χ2n) is 4.24. The Morgan fingerprint density at radius 2 is 1.95 bits per heavy atom. The number of aromatic hydroxyl groups is 1. The summed E-state index contributed by atoms with van der Waals surface area (Å²) in [6, 6.07) is 11.1. The van der Waals surface area contributed by atoms with Gasteiger partial charge in [0.05, 0.1) is 16.8 Å². The van der Waals surface area contributed by atoms with E-state index in [0.29, 0.717) is 11.3 Å². The van der Waals surface area contributed by atoms with Crippen molar-refractivity contribution in [2.75, 3.05) is 12.1 Å². The molecule has 0 fully saturated rings. The van der Waals surface area contributed by atoms with Crippen LogP contribution in [0.5, 0.6) is 5.75 Å². The molecule has 0 spiro atoms. The summed E-state index contributed by atoms with van der Waals surface area (Å²) in [5, 5.41) is 26.1. The molecular formula is C14H12BrN3O3. The molecule has 0 amide bonds. The van der Waals surface area contributed by atoms with Gasteiger partial charge in [0, 0.05) is 29.2 Å². The molecule has 0 saturated carbocycles. The Morgan fingerprint density at radius 3 is 2.57 bits per heavy atom. The van der Waals surface area contributed by atoms with Crippen molar-refractivity contribution in [3.05, 3.63) is 62.6 Å². The number of hydrazone groups is 1. The predicted octanol–water partition coefficient (Wildman–Crippen LogP) is 3.53. The van der Waals surface area contributed by atoms with Crippen molar-refractivity contribution in [1.29, 1.82) is 0 Å². The number of phenols is 1. The van der Waals surface area contributed by atoms with Crippen molar-refractivity contribution < 1.29 is 10.0 Å². The highest BCUT2D eigenvalue weighted by Gasteiger charge is 2.06. The first-order chi connectivity index (χ1) is 9.97. The zero-order valence-corrected chi connectivity index (χ0v) is 12.7. The zero-order chi connectivity index (χ0) is 15.4. The number of rotatable bonds is 4. The number of hydrogen-bond acceptors (Lipinski definition) is 5. The number of benzene rings is 2. The van der Waals surface area contributed by atoms with Crippen LogP contribution in [0.4, 0.5) is 11.4 Å². The van der Waals surface area contributed by atoms with Gasteiger partial charge in [0.2, 0.25) is 0 Å². The van der Waals surface area contributed by atoms with Gasteiger partial charge in [0.15, 0.2) is 0 Å². The van der Waals surface area contributed by atoms with E-state index in [4.69, 9.17) is 0 Å². The highest BCUT2D eigenvalue weighted by molar-refractivity contribution is 9.10. The van der Waals surface area contributed by atoms with Gasteiger partial charge in [-0.05, 0) is 30.3 Å². The third-order valence-corrected chi connectivity index (χ3v) is 3.29. The summed E-state index contributed by atoms with van der Waals surface area (Å²) in [7, 11) is 1.71. The molecule has 2 aromatic rings. The van der Waals surface area contributed by atoms with Gasteiger partial charge in [-0.1, -0.05) is 15.9 Å². The lowest BCUT2D eigenvalue weighted by atomic mass is 10.2. The van der Waals surface area contributed by atoms with E-state index in [9.17, 15) is 15.2 Å². The third kappa shape index (κ3) is 3.79. The smallest absolute Gasteiger partial charge is 0.269 e. The summed E-state index contributed by atoms with van der Waals surface area (Å²) in [4.78, 5) is 10.1. The van der Waals surface area contributed by atoms with E-state index in [1.165, 1.54) is 18.3 Å². The van der Waals surface area contributed by atoms with Crippen molar-refractivity contribution >= 4 is 33.5 Å². The van der Waals surface area contributed by atoms with Gasteiger partial charge in [0.25, 0.3) is 5.69 Å². The van der Waals surface area contributed by atoms with Crippen LogP contribution in [0, 0.1) is 10.1 Å². The monoisotopic (exact) mass is 349 g/mol. The van der Waals surface area contributed by atoms with Crippen molar-refractivity contribution in [2.45, 2.75) is 0 Å². The Bertz CT molecular complexity index is 686. The molecule has 2 rings (SSSR count). The summed E-state index contributed by atoms with van der Waals surface area (Å²) in [6.07, 6.45) is 1.52. The van der Waals surface area contributed by atoms with Gasteiger partial charge < -0.3 is 5.11 Å². The minimum Gasteiger partial charge on any atom is -0.507 e. The van der Waals surface area contributed by atoms with Crippen LogP contribution in [0.3, 0.4) is 0 Å². The maximum absolute atomic E-state index is 10.6. The lowest BCUT2D eigenvalue weighted by molar-refractivity contribution is -0.384. The van der Waals surface area contributed by atoms with E-state index in [1.807, 2.05) is 0 Å². The zero-order valence-electron chi connectivity index (χ0n) is 11.1. The SMILES string of the molecule is CN(/N=C\c1cc(Br)ccc1O)c1ccc([N+](=O)[O-])cc1. The van der Waals surface area contributed by atoms with Gasteiger partial charge >= 0.3 is 0 Å². The van der Waals surface area contributed by atoms with Crippen LogP contribution in [-0.2, 0) is 0 Å². The second-order valence-corrected chi connectivity index (χ2v) is 5.16. The van der Waals surface area contributed by atoms with E-state index in [-0.39, 0.29) is 11.4 Å². The Morgan fingerprint density at radius 1 is 1.29 bits per heavy atom. The molecule has 0 atom stereocenters. The number of nitrogens with zero attached hydrogens (tertiary/aromatic N) is 3. The van der Waals surface area contributed by atoms with Crippen LogP contribution in [0.1, 0.15) is 5.56 Å². The molecule has 0 aliphatic carbocycles. The Hall–Kier alpha value is -2.41. The van der Waals surface area contributed by atoms with E-state index < -0.39 is 4.92 Å². The highest BCUT2D eigenvalue weighted by Crippen LogP contribution is 2.21. The molecule has 0 aliphatic rings. The second kappa shape index (κ2) is 6.36. The first-order valence-electron chi connectivity index (χ1n) is 5.98. The number of nitro benzene ring substituents is 1. The molecule has 0 unspecified atom stereocenters. The fourth-order valence-corrected chi connectivity index (χ4v) is 2.01. The van der Waals surface area contributed by atoms with E-state index in [2.05, 4.69) is 21.0 Å². The summed E-state index contributed by atoms with van der Waals surface area (Å²) >= 11 is 3.32. The number of hydrogen-bond donors (Lipinski definition) is 1. The highest BCUT2D eigenvalue weighted by atomic mass is 79.9. The van der Waals surface area contributed by atoms with E-state index in [0.717, 1.165) is 4.47 Å². The van der Waals surface area contributed by atoms with Gasteiger partial charge in [-0.15, -0.1) is 0 Å². The Kier molecular flexibility index (Phi) is 4.54. The Balaban J connectivity index is 2.16. The fourth-order valence-electron chi connectivity index (χ4n) is 1.63. The van der Waals surface area contributed by atoms with Crippen LogP contribution in [0.15, 0.2) is 52.0 Å². The van der Waals surface area contributed by atoms with Crippen LogP contribution in [0.25, 0.3) is 0 Å². The molecule has 0 aromatic heterocycles. The molecule has 2 aromatic carbocycles. The van der Waals surface area contributed by atoms with Gasteiger partial charge in [-0.25, -0.2) is 0 Å². The van der Waals surface area contributed by atoms with Crippen LogP contribution < -0.4 is 5.01 Å². The molecular weight excluding hydrogens is 338 g/mol. The third-order valence-electron chi connectivity index (χ3n) is 2.79. The molecule has 108 valence electrons. The van der Waals surface area contributed by atoms with Crippen molar-refractivity contribution in [3.63, 3.8) is 0 Å². The standard InChI is InChI=1S/C14H12BrN3O3/c1-17(12-3-5-13(6-4-12)18(20)21)16-9-10-8-11(15)2-7-14(10)19/h2-9,19H,1H3/b16-9-. The maximum Gasteiger partial charge on any atom is 0.269 e. The van der Waals surface area contributed by atoms with Gasteiger partial charge in [-0.2, -0.15) is 5.10 Å². The molecule has 0 bridgehead atoms. The van der Waals surface area contributed by atoms with Crippen LogP contribution in [-0.4, -0.2) is 23.3 Å². The van der Waals surface area contributed by atoms with Crippen molar-refractivity contribution in [2.24, 2.45) is 5.10 Å². The lowest BCUT2D eigenvalue weighted by Crippen LogP contribution is -2.08. The molecule has 0 heterocycles. The number of non-ortho nitro benzene ring substituents is 1. The largest absolute Gasteiger partial charge is 0.507 e. The number of nitro groups is 1. The van der Waals surface area contributed by atoms with Crippen molar-refractivity contribution in [1.82, 2.24) is 0 Å². The maximum atomic E-state index is 10.6. The molecule has 0 radical (unpaired) electrons. The van der Waals surface area contributed by atoms with Crippen molar-refractivity contribution in [3.8, 4) is 5.75 Å². The molecule has 0 aliphatic heterocycles. The first-order valence-corrected chi connectivity index (χ1v) is 6.77. The first kappa shape index (κ1) is 15.0. The summed E-state index contributed by atoms with van der Waals surface area (Å²) in [6.45, 7) is 0. The van der Waals surface area contributed by atoms with Gasteiger partial charge in [0.1, 0.15) is 5.75 Å². The average Bonchev–Trinajstić information content (AvgIpc) is 2.48. The average molecular weight is 350 g/mol. The molecule has 1 N–H and O–H groups in total. The summed E-state index contributed by atoms with van der Waals surface area (Å²) in [5.41, 5.74) is 1.30. The minimum atomic E-state index is -0.452. The molecule has 21 heavy (non-hydrogen) atoms. The predicted molar refractivity (Wildman–Crippen MR) is 84.9 cm³/mol. The minimum absolute atomic E-state index is 0.0285. The molecule has 7 heteroatoms. The fraction of sp³-hybridized carbons (Fsp3) is 0.0714. The van der Waals surface area contributed by atoms with Gasteiger partial charge in [-0.3, -0.25) is 15.1 Å². The van der Waals surface area contributed by atoms with E-state index in [1.54, 1.807) is 42.4 Å². The van der Waals surface area contributed by atoms with Crippen LogP contribution in [0.2, 0.25) is 0 Å². The van der Waals surface area contributed by atoms with Crippen LogP contribution >= 0.6 is 15.9 Å². The summed E-state index contributed by atoms with van der Waals surface area (Å²) in [5.74, 6) is 0.124. The molecule has 0 saturated heterocycles. The quantitative estimate of drug-likeness (QED) is 0.520. The summed E-state index contributed by atoms with van der Waals surface area (Å²) < 4.78 is 0.833.